The lowest BCUT2D eigenvalue weighted by atomic mass is 10.2. The molecule has 0 radical (unpaired) electrons. The number of hydrogen-bond donors (Lipinski definition) is 1. The van der Waals surface area contributed by atoms with Crippen molar-refractivity contribution < 1.29 is 14.4 Å². The Balaban J connectivity index is 1.60. The van der Waals surface area contributed by atoms with Crippen molar-refractivity contribution in [3.8, 4) is 10.7 Å². The summed E-state index contributed by atoms with van der Waals surface area (Å²) < 4.78 is 5.39. The van der Waals surface area contributed by atoms with Crippen LogP contribution in [0, 0.1) is 0 Å². The average Bonchev–Trinajstić information content (AvgIpc) is 3.18. The van der Waals surface area contributed by atoms with Crippen molar-refractivity contribution in [2.45, 2.75) is 13.0 Å². The van der Waals surface area contributed by atoms with Gasteiger partial charge in [-0.1, -0.05) is 11.2 Å². The molecular formula is C14H18N4O3S. The van der Waals surface area contributed by atoms with Gasteiger partial charge < -0.3 is 9.63 Å². The molecule has 0 spiro atoms. The number of aliphatic carboxylic acids is 1. The van der Waals surface area contributed by atoms with Crippen LogP contribution in [0.4, 0.5) is 0 Å². The van der Waals surface area contributed by atoms with Gasteiger partial charge in [-0.15, -0.1) is 11.3 Å². The van der Waals surface area contributed by atoms with Crippen molar-refractivity contribution in [3.05, 3.63) is 23.4 Å². The molecule has 0 aliphatic carbocycles. The summed E-state index contributed by atoms with van der Waals surface area (Å²) in [6.45, 7) is 5.21. The van der Waals surface area contributed by atoms with Gasteiger partial charge in [0, 0.05) is 26.2 Å². The van der Waals surface area contributed by atoms with E-state index in [9.17, 15) is 4.79 Å². The van der Waals surface area contributed by atoms with Crippen molar-refractivity contribution in [2.24, 2.45) is 0 Å². The van der Waals surface area contributed by atoms with Crippen molar-refractivity contribution in [3.63, 3.8) is 0 Å². The molecule has 3 rings (SSSR count). The summed E-state index contributed by atoms with van der Waals surface area (Å²) in [5.41, 5.74) is 0. The molecule has 1 aliphatic rings. The molecule has 7 nitrogen and oxygen atoms in total. The van der Waals surface area contributed by atoms with Gasteiger partial charge in [0.05, 0.1) is 17.5 Å². The van der Waals surface area contributed by atoms with E-state index in [2.05, 4.69) is 15.0 Å². The number of carboxylic acid groups (broad SMARTS) is 1. The molecule has 0 saturated carbocycles. The minimum Gasteiger partial charge on any atom is -0.480 e. The Morgan fingerprint density at radius 3 is 2.86 bits per heavy atom. The van der Waals surface area contributed by atoms with E-state index in [-0.39, 0.29) is 12.6 Å². The quantitative estimate of drug-likeness (QED) is 0.894. The van der Waals surface area contributed by atoms with Crippen LogP contribution in [-0.4, -0.2) is 63.7 Å². The van der Waals surface area contributed by atoms with Crippen LogP contribution in [0.2, 0.25) is 0 Å². The second-order valence-corrected chi connectivity index (χ2v) is 6.26. The van der Waals surface area contributed by atoms with Crippen LogP contribution in [0.25, 0.3) is 10.7 Å². The fraction of sp³-hybridized carbons (Fsp3) is 0.500. The smallest absolute Gasteiger partial charge is 0.317 e. The molecule has 0 amide bonds. The predicted octanol–water partition coefficient (Wildman–Crippen LogP) is 1.56. The zero-order chi connectivity index (χ0) is 15.5. The van der Waals surface area contributed by atoms with Gasteiger partial charge in [-0.3, -0.25) is 14.6 Å². The molecule has 22 heavy (non-hydrogen) atoms. The third-order valence-corrected chi connectivity index (χ3v) is 4.72. The van der Waals surface area contributed by atoms with Gasteiger partial charge in [0.1, 0.15) is 0 Å². The van der Waals surface area contributed by atoms with Gasteiger partial charge in [-0.05, 0) is 18.4 Å². The van der Waals surface area contributed by atoms with E-state index in [1.54, 1.807) is 11.3 Å². The van der Waals surface area contributed by atoms with Crippen LogP contribution in [0.3, 0.4) is 0 Å². The number of aromatic nitrogens is 2. The van der Waals surface area contributed by atoms with E-state index in [0.29, 0.717) is 11.7 Å². The van der Waals surface area contributed by atoms with Crippen LogP contribution in [0.1, 0.15) is 18.9 Å². The van der Waals surface area contributed by atoms with Gasteiger partial charge >= 0.3 is 5.97 Å². The van der Waals surface area contributed by atoms with E-state index in [1.165, 1.54) is 0 Å². The number of hydrogen-bond acceptors (Lipinski definition) is 7. The van der Waals surface area contributed by atoms with Crippen molar-refractivity contribution >= 4 is 17.3 Å². The zero-order valence-corrected chi connectivity index (χ0v) is 13.1. The van der Waals surface area contributed by atoms with Crippen molar-refractivity contribution in [2.75, 3.05) is 32.7 Å². The Bertz CT molecular complexity index is 620. The highest BCUT2D eigenvalue weighted by molar-refractivity contribution is 7.13. The predicted molar refractivity (Wildman–Crippen MR) is 81.7 cm³/mol. The van der Waals surface area contributed by atoms with Crippen LogP contribution in [0.5, 0.6) is 0 Å². The summed E-state index contributed by atoms with van der Waals surface area (Å²) in [6, 6.07) is 3.96. The van der Waals surface area contributed by atoms with E-state index in [0.717, 1.165) is 31.1 Å². The fourth-order valence-corrected chi connectivity index (χ4v) is 3.22. The maximum absolute atomic E-state index is 10.7. The number of rotatable bonds is 5. The molecule has 8 heteroatoms. The van der Waals surface area contributed by atoms with Gasteiger partial charge in [0.2, 0.25) is 11.7 Å². The van der Waals surface area contributed by atoms with Crippen LogP contribution in [0.15, 0.2) is 22.0 Å². The second kappa shape index (κ2) is 6.55. The number of nitrogens with zero attached hydrogens (tertiary/aromatic N) is 4. The zero-order valence-electron chi connectivity index (χ0n) is 12.3. The summed E-state index contributed by atoms with van der Waals surface area (Å²) in [6.07, 6.45) is 0. The number of carbonyl (C=O) groups is 1. The standard InChI is InChI=1S/C14H18N4O3S/c1-10(18-6-4-17(5-7-18)9-12(19)20)14-15-13(16-21-14)11-3-2-8-22-11/h2-3,8,10H,4-7,9H2,1H3,(H,19,20). The first-order valence-electron chi connectivity index (χ1n) is 7.19. The maximum Gasteiger partial charge on any atom is 0.317 e. The highest BCUT2D eigenvalue weighted by Gasteiger charge is 2.26. The monoisotopic (exact) mass is 322 g/mol. The first-order chi connectivity index (χ1) is 10.6. The third kappa shape index (κ3) is 3.34. The lowest BCUT2D eigenvalue weighted by Gasteiger charge is -2.35. The number of piperazine rings is 1. The molecule has 1 unspecified atom stereocenters. The minimum atomic E-state index is -0.779. The molecule has 2 aromatic heterocycles. The molecule has 3 heterocycles. The summed E-state index contributed by atoms with van der Waals surface area (Å²) in [5.74, 6) is 0.454. The van der Waals surface area contributed by atoms with Crippen LogP contribution < -0.4 is 0 Å². The van der Waals surface area contributed by atoms with Crippen molar-refractivity contribution in [1.82, 2.24) is 19.9 Å². The van der Waals surface area contributed by atoms with E-state index in [1.807, 2.05) is 29.3 Å². The molecule has 1 atom stereocenters. The SMILES string of the molecule is CC(c1nc(-c2cccs2)no1)N1CCN(CC(=O)O)CC1. The Morgan fingerprint density at radius 1 is 1.45 bits per heavy atom. The normalized spacial score (nSPS) is 18.4. The number of carboxylic acids is 1. The van der Waals surface area contributed by atoms with Gasteiger partial charge in [-0.25, -0.2) is 0 Å². The first-order valence-corrected chi connectivity index (χ1v) is 8.07. The Labute approximate surface area is 132 Å². The molecule has 1 saturated heterocycles. The van der Waals surface area contributed by atoms with E-state index >= 15 is 0 Å². The first kappa shape index (κ1) is 15.1. The summed E-state index contributed by atoms with van der Waals surface area (Å²) in [7, 11) is 0. The Morgan fingerprint density at radius 2 is 2.23 bits per heavy atom. The molecule has 0 bridgehead atoms. The summed E-state index contributed by atoms with van der Waals surface area (Å²) in [4.78, 5) is 20.4. The van der Waals surface area contributed by atoms with Crippen molar-refractivity contribution in [1.29, 1.82) is 0 Å². The summed E-state index contributed by atoms with van der Waals surface area (Å²) >= 11 is 1.58. The molecule has 0 aromatic carbocycles. The maximum atomic E-state index is 10.7. The Hall–Kier alpha value is -1.77. The molecule has 1 aliphatic heterocycles. The third-order valence-electron chi connectivity index (χ3n) is 3.85. The Kier molecular flexibility index (Phi) is 4.51. The molecule has 1 N–H and O–H groups in total. The lowest BCUT2D eigenvalue weighted by Crippen LogP contribution is -2.48. The number of thiophene rings is 1. The topological polar surface area (TPSA) is 82.7 Å². The average molecular weight is 322 g/mol. The minimum absolute atomic E-state index is 0.0354. The van der Waals surface area contributed by atoms with E-state index in [4.69, 9.17) is 9.63 Å². The highest BCUT2D eigenvalue weighted by atomic mass is 32.1. The van der Waals surface area contributed by atoms with Gasteiger partial charge in [0.25, 0.3) is 0 Å². The van der Waals surface area contributed by atoms with Crippen LogP contribution >= 0.6 is 11.3 Å². The molecular weight excluding hydrogens is 304 g/mol. The highest BCUT2D eigenvalue weighted by Crippen LogP contribution is 2.25. The lowest BCUT2D eigenvalue weighted by molar-refractivity contribution is -0.138. The largest absolute Gasteiger partial charge is 0.480 e. The van der Waals surface area contributed by atoms with Gasteiger partial charge in [0.15, 0.2) is 0 Å². The van der Waals surface area contributed by atoms with Gasteiger partial charge in [-0.2, -0.15) is 4.98 Å². The molecule has 2 aromatic rings. The van der Waals surface area contributed by atoms with E-state index < -0.39 is 5.97 Å². The molecule has 1 fully saturated rings. The fourth-order valence-electron chi connectivity index (χ4n) is 2.57. The second-order valence-electron chi connectivity index (χ2n) is 5.32. The van der Waals surface area contributed by atoms with Crippen LogP contribution in [-0.2, 0) is 4.79 Å². The molecule has 118 valence electrons. The summed E-state index contributed by atoms with van der Waals surface area (Å²) in [5, 5.41) is 14.8.